The Hall–Kier alpha value is -2.17. The molecule has 0 spiro atoms. The predicted octanol–water partition coefficient (Wildman–Crippen LogP) is 4.89. The first-order valence-corrected chi connectivity index (χ1v) is 6.50. The molecular formula is C16H16F3NO. The van der Waals surface area contributed by atoms with Gasteiger partial charge in [-0.25, -0.2) is 0 Å². The molecule has 0 fully saturated rings. The van der Waals surface area contributed by atoms with Gasteiger partial charge in [0, 0.05) is 11.7 Å². The Bertz CT molecular complexity index is 620. The molecule has 0 radical (unpaired) electrons. The summed E-state index contributed by atoms with van der Waals surface area (Å²) in [6, 6.07) is 10.0. The van der Waals surface area contributed by atoms with Crippen LogP contribution in [0.2, 0.25) is 0 Å². The molecule has 2 aromatic rings. The van der Waals surface area contributed by atoms with Crippen molar-refractivity contribution in [3.8, 4) is 5.75 Å². The van der Waals surface area contributed by atoms with Crippen LogP contribution in [0.15, 0.2) is 42.5 Å². The molecule has 112 valence electrons. The molecule has 2 N–H and O–H groups in total. The number of alkyl halides is 3. The predicted molar refractivity (Wildman–Crippen MR) is 76.3 cm³/mol. The van der Waals surface area contributed by atoms with E-state index in [2.05, 4.69) is 5.32 Å². The van der Waals surface area contributed by atoms with Crippen molar-refractivity contribution in [1.29, 1.82) is 0 Å². The monoisotopic (exact) mass is 295 g/mol. The molecule has 0 saturated heterocycles. The van der Waals surface area contributed by atoms with Crippen LogP contribution in [0, 0.1) is 6.92 Å². The van der Waals surface area contributed by atoms with Crippen molar-refractivity contribution in [2.24, 2.45) is 0 Å². The number of benzene rings is 2. The molecule has 2 aromatic carbocycles. The number of anilines is 1. The van der Waals surface area contributed by atoms with Gasteiger partial charge in [-0.1, -0.05) is 12.1 Å². The van der Waals surface area contributed by atoms with Crippen molar-refractivity contribution in [3.63, 3.8) is 0 Å². The van der Waals surface area contributed by atoms with Gasteiger partial charge in [-0.05, 0) is 55.3 Å². The molecule has 0 aliphatic carbocycles. The molecule has 0 aliphatic rings. The van der Waals surface area contributed by atoms with E-state index in [-0.39, 0.29) is 11.8 Å². The summed E-state index contributed by atoms with van der Waals surface area (Å²) in [5, 5.41) is 12.7. The highest BCUT2D eigenvalue weighted by molar-refractivity contribution is 5.51. The van der Waals surface area contributed by atoms with E-state index in [4.69, 9.17) is 0 Å². The highest BCUT2D eigenvalue weighted by Gasteiger charge is 2.30. The van der Waals surface area contributed by atoms with Crippen LogP contribution in [0.3, 0.4) is 0 Å². The minimum absolute atomic E-state index is 0.142. The zero-order chi connectivity index (χ0) is 15.6. The molecule has 0 bridgehead atoms. The summed E-state index contributed by atoms with van der Waals surface area (Å²) in [6.45, 7) is 3.65. The molecule has 0 aliphatic heterocycles. The van der Waals surface area contributed by atoms with Crippen LogP contribution in [-0.4, -0.2) is 5.11 Å². The van der Waals surface area contributed by atoms with E-state index >= 15 is 0 Å². The molecule has 5 heteroatoms. The first-order chi connectivity index (χ1) is 9.77. The van der Waals surface area contributed by atoms with Gasteiger partial charge >= 0.3 is 6.18 Å². The van der Waals surface area contributed by atoms with Crippen molar-refractivity contribution >= 4 is 5.69 Å². The van der Waals surface area contributed by atoms with E-state index in [1.807, 2.05) is 6.92 Å². The van der Waals surface area contributed by atoms with Crippen LogP contribution in [0.5, 0.6) is 5.75 Å². The maximum atomic E-state index is 12.5. The second-order valence-corrected chi connectivity index (χ2v) is 4.99. The lowest BCUT2D eigenvalue weighted by atomic mass is 10.1. The van der Waals surface area contributed by atoms with E-state index in [9.17, 15) is 18.3 Å². The van der Waals surface area contributed by atoms with Gasteiger partial charge in [-0.2, -0.15) is 13.2 Å². The summed E-state index contributed by atoms with van der Waals surface area (Å²) >= 11 is 0. The van der Waals surface area contributed by atoms with Crippen LogP contribution in [0.1, 0.15) is 29.7 Å². The van der Waals surface area contributed by atoms with Gasteiger partial charge in [0.05, 0.1) is 5.56 Å². The number of phenolic OH excluding ortho intramolecular Hbond substituents is 1. The second kappa shape index (κ2) is 5.68. The number of nitrogens with one attached hydrogen (secondary N) is 1. The molecule has 0 aromatic heterocycles. The maximum Gasteiger partial charge on any atom is 0.416 e. The lowest BCUT2D eigenvalue weighted by Gasteiger charge is -2.17. The summed E-state index contributed by atoms with van der Waals surface area (Å²) in [7, 11) is 0. The Morgan fingerprint density at radius 1 is 1.05 bits per heavy atom. The Balaban J connectivity index is 2.13. The van der Waals surface area contributed by atoms with E-state index in [0.717, 1.165) is 28.9 Å². The topological polar surface area (TPSA) is 32.3 Å². The molecule has 1 unspecified atom stereocenters. The van der Waals surface area contributed by atoms with E-state index in [1.165, 1.54) is 12.1 Å². The number of rotatable bonds is 3. The van der Waals surface area contributed by atoms with Crippen LogP contribution < -0.4 is 5.32 Å². The summed E-state index contributed by atoms with van der Waals surface area (Å²) in [5.41, 5.74) is 1.64. The number of phenols is 1. The minimum atomic E-state index is -4.32. The quantitative estimate of drug-likeness (QED) is 0.790. The third kappa shape index (κ3) is 3.68. The third-order valence-electron chi connectivity index (χ3n) is 3.32. The Morgan fingerprint density at radius 2 is 1.67 bits per heavy atom. The first-order valence-electron chi connectivity index (χ1n) is 6.50. The Kier molecular flexibility index (Phi) is 4.11. The zero-order valence-corrected chi connectivity index (χ0v) is 11.7. The summed E-state index contributed by atoms with van der Waals surface area (Å²) in [5.74, 6) is 0.211. The molecule has 21 heavy (non-hydrogen) atoms. The summed E-state index contributed by atoms with van der Waals surface area (Å²) in [6.07, 6.45) is -4.32. The molecule has 1 atom stereocenters. The number of aryl methyl sites for hydroxylation is 1. The fourth-order valence-electron chi connectivity index (χ4n) is 2.04. The lowest BCUT2D eigenvalue weighted by Crippen LogP contribution is -2.08. The largest absolute Gasteiger partial charge is 0.508 e. The molecule has 0 heterocycles. The SMILES string of the molecule is Cc1cc(NC(C)c2ccc(C(F)(F)F)cc2)ccc1O. The van der Waals surface area contributed by atoms with Gasteiger partial charge < -0.3 is 10.4 Å². The number of halogens is 3. The fraction of sp³-hybridized carbons (Fsp3) is 0.250. The highest BCUT2D eigenvalue weighted by Crippen LogP contribution is 2.30. The van der Waals surface area contributed by atoms with Gasteiger partial charge in [0.1, 0.15) is 5.75 Å². The van der Waals surface area contributed by atoms with Gasteiger partial charge in [0.25, 0.3) is 0 Å². The zero-order valence-electron chi connectivity index (χ0n) is 11.7. The fourth-order valence-corrected chi connectivity index (χ4v) is 2.04. The Morgan fingerprint density at radius 3 is 2.19 bits per heavy atom. The molecule has 2 rings (SSSR count). The molecule has 2 nitrogen and oxygen atoms in total. The van der Waals surface area contributed by atoms with Crippen LogP contribution >= 0.6 is 0 Å². The number of aromatic hydroxyl groups is 1. The molecule has 0 amide bonds. The van der Waals surface area contributed by atoms with Crippen molar-refractivity contribution in [2.45, 2.75) is 26.1 Å². The van der Waals surface area contributed by atoms with E-state index < -0.39 is 11.7 Å². The van der Waals surface area contributed by atoms with Crippen LogP contribution in [0.4, 0.5) is 18.9 Å². The minimum Gasteiger partial charge on any atom is -0.508 e. The third-order valence-corrected chi connectivity index (χ3v) is 3.32. The highest BCUT2D eigenvalue weighted by atomic mass is 19.4. The molecule has 0 saturated carbocycles. The maximum absolute atomic E-state index is 12.5. The van der Waals surface area contributed by atoms with Crippen molar-refractivity contribution in [3.05, 3.63) is 59.2 Å². The number of hydrogen-bond donors (Lipinski definition) is 2. The van der Waals surface area contributed by atoms with Gasteiger partial charge in [0.2, 0.25) is 0 Å². The van der Waals surface area contributed by atoms with Crippen LogP contribution in [-0.2, 0) is 6.18 Å². The van der Waals surface area contributed by atoms with Gasteiger partial charge in [-0.3, -0.25) is 0 Å². The van der Waals surface area contributed by atoms with E-state index in [1.54, 1.807) is 25.1 Å². The van der Waals surface area contributed by atoms with Crippen LogP contribution in [0.25, 0.3) is 0 Å². The smallest absolute Gasteiger partial charge is 0.416 e. The lowest BCUT2D eigenvalue weighted by molar-refractivity contribution is -0.137. The average molecular weight is 295 g/mol. The van der Waals surface area contributed by atoms with E-state index in [0.29, 0.717) is 0 Å². The molecular weight excluding hydrogens is 279 g/mol. The van der Waals surface area contributed by atoms with Crippen molar-refractivity contribution in [2.75, 3.05) is 5.32 Å². The number of hydrogen-bond acceptors (Lipinski definition) is 2. The van der Waals surface area contributed by atoms with Crippen molar-refractivity contribution in [1.82, 2.24) is 0 Å². The summed E-state index contributed by atoms with van der Waals surface area (Å²) < 4.78 is 37.5. The van der Waals surface area contributed by atoms with Gasteiger partial charge in [-0.15, -0.1) is 0 Å². The average Bonchev–Trinajstić information content (AvgIpc) is 2.42. The van der Waals surface area contributed by atoms with Crippen molar-refractivity contribution < 1.29 is 18.3 Å². The first kappa shape index (κ1) is 15.2. The summed E-state index contributed by atoms with van der Waals surface area (Å²) in [4.78, 5) is 0. The second-order valence-electron chi connectivity index (χ2n) is 4.99. The standard InChI is InChI=1S/C16H16F3NO/c1-10-9-14(7-8-15(10)21)20-11(2)12-3-5-13(6-4-12)16(17,18)19/h3-9,11,20-21H,1-2H3. The van der Waals surface area contributed by atoms with Gasteiger partial charge in [0.15, 0.2) is 0 Å². The Labute approximate surface area is 121 Å². The normalized spacial score (nSPS) is 13.0.